The summed E-state index contributed by atoms with van der Waals surface area (Å²) in [5.41, 5.74) is 12.3. The van der Waals surface area contributed by atoms with E-state index in [2.05, 4.69) is 10.7 Å². The summed E-state index contributed by atoms with van der Waals surface area (Å²) < 4.78 is 6.99. The number of hydrogen-bond donors (Lipinski definition) is 3. The first-order valence-electron chi connectivity index (χ1n) is 9.60. The number of nitrogens with two attached hydrogens (primary N) is 1. The molecule has 7 heteroatoms. The smallest absolute Gasteiger partial charge is 0.332 e. The molecule has 7 nitrogen and oxygen atoms in total. The van der Waals surface area contributed by atoms with E-state index >= 15 is 0 Å². The third kappa shape index (κ3) is 4.69. The number of methoxy groups -OCH3 is 1. The van der Waals surface area contributed by atoms with Gasteiger partial charge in [0.2, 0.25) is 0 Å². The number of rotatable bonds is 7. The molecule has 156 valence electrons. The number of nitrogens with one attached hydrogen (secondary N) is 2. The van der Waals surface area contributed by atoms with E-state index in [0.717, 1.165) is 28.3 Å². The molecule has 4 N–H and O–H groups in total. The molecule has 30 heavy (non-hydrogen) atoms. The third-order valence-corrected chi connectivity index (χ3v) is 4.99. The summed E-state index contributed by atoms with van der Waals surface area (Å²) in [5.74, 6) is -0.371. The number of aromatic nitrogens is 1. The number of anilines is 4. The second-order valence-electron chi connectivity index (χ2n) is 7.33. The van der Waals surface area contributed by atoms with Crippen molar-refractivity contribution >= 4 is 28.7 Å². The summed E-state index contributed by atoms with van der Waals surface area (Å²) in [7, 11) is 5.19. The van der Waals surface area contributed by atoms with E-state index in [1.807, 2.05) is 104 Å². The topological polar surface area (TPSA) is 83.5 Å². The van der Waals surface area contributed by atoms with Gasteiger partial charge in [-0.25, -0.2) is 14.8 Å². The minimum Gasteiger partial charge on any atom is -0.467 e. The van der Waals surface area contributed by atoms with Crippen LogP contribution in [0.2, 0.25) is 0 Å². The lowest BCUT2D eigenvalue weighted by Crippen LogP contribution is -2.54. The predicted molar refractivity (Wildman–Crippen MR) is 119 cm³/mol. The molecule has 1 unspecified atom stereocenters. The molecule has 0 aliphatic carbocycles. The number of benzene rings is 2. The molecule has 0 radical (unpaired) electrons. The fourth-order valence-corrected chi connectivity index (χ4v) is 3.17. The van der Waals surface area contributed by atoms with Gasteiger partial charge in [0.05, 0.1) is 12.8 Å². The summed E-state index contributed by atoms with van der Waals surface area (Å²) in [6, 6.07) is 19.2. The number of aryl methyl sites for hydroxylation is 1. The van der Waals surface area contributed by atoms with Crippen LogP contribution in [0.15, 0.2) is 73.1 Å². The van der Waals surface area contributed by atoms with Crippen molar-refractivity contribution in [3.05, 3.63) is 78.6 Å². The average molecular weight is 407 g/mol. The molecule has 1 aromatic heterocycles. The Kier molecular flexibility index (Phi) is 6.23. The van der Waals surface area contributed by atoms with Gasteiger partial charge >= 0.3 is 5.97 Å². The SMILES string of the molecule is COC(=O)C(C)(NN(C)c1ccc(Nc2ccc(N)cc2)cc1)c1cc[n+](C)cc1. The van der Waals surface area contributed by atoms with E-state index in [0.29, 0.717) is 0 Å². The lowest BCUT2D eigenvalue weighted by Gasteiger charge is -2.34. The first kappa shape index (κ1) is 21.1. The van der Waals surface area contributed by atoms with Crippen LogP contribution in [0, 0.1) is 0 Å². The van der Waals surface area contributed by atoms with Crippen LogP contribution in [-0.2, 0) is 22.1 Å². The van der Waals surface area contributed by atoms with E-state index in [1.165, 1.54) is 7.11 Å². The van der Waals surface area contributed by atoms with Crippen molar-refractivity contribution in [2.24, 2.45) is 7.05 Å². The van der Waals surface area contributed by atoms with Gasteiger partial charge in [-0.05, 0) is 61.0 Å². The van der Waals surface area contributed by atoms with E-state index in [-0.39, 0.29) is 5.97 Å². The first-order valence-corrected chi connectivity index (χ1v) is 9.60. The number of ether oxygens (including phenoxy) is 1. The second kappa shape index (κ2) is 8.84. The largest absolute Gasteiger partial charge is 0.467 e. The lowest BCUT2D eigenvalue weighted by atomic mass is 9.93. The number of esters is 1. The van der Waals surface area contributed by atoms with E-state index in [4.69, 9.17) is 10.5 Å². The van der Waals surface area contributed by atoms with Gasteiger partial charge < -0.3 is 20.8 Å². The highest BCUT2D eigenvalue weighted by Crippen LogP contribution is 2.25. The van der Waals surface area contributed by atoms with Gasteiger partial charge in [0.15, 0.2) is 17.9 Å². The molecule has 0 amide bonds. The highest BCUT2D eigenvalue weighted by Gasteiger charge is 2.38. The van der Waals surface area contributed by atoms with Crippen LogP contribution in [0.25, 0.3) is 0 Å². The molecular formula is C23H28N5O2+. The number of pyridine rings is 1. The van der Waals surface area contributed by atoms with Crippen LogP contribution in [-0.4, -0.2) is 20.1 Å². The quantitative estimate of drug-likeness (QED) is 0.242. The Morgan fingerprint density at radius 3 is 2.07 bits per heavy atom. The Balaban J connectivity index is 1.77. The highest BCUT2D eigenvalue weighted by atomic mass is 16.5. The fraction of sp³-hybridized carbons (Fsp3) is 0.217. The minimum absolute atomic E-state index is 0.371. The van der Waals surface area contributed by atoms with Crippen LogP contribution >= 0.6 is 0 Å². The van der Waals surface area contributed by atoms with Crippen molar-refractivity contribution in [2.75, 3.05) is 30.2 Å². The van der Waals surface area contributed by atoms with Crippen LogP contribution in [0.1, 0.15) is 12.5 Å². The molecule has 3 rings (SSSR count). The van der Waals surface area contributed by atoms with E-state index in [1.54, 1.807) is 0 Å². The van der Waals surface area contributed by atoms with Gasteiger partial charge in [0.25, 0.3) is 0 Å². The molecule has 1 heterocycles. The summed E-state index contributed by atoms with van der Waals surface area (Å²) in [5, 5.41) is 5.15. The number of nitrogen functional groups attached to an aromatic ring is 1. The standard InChI is InChI=1S/C23H28N5O2/c1-23(22(29)30-4,17-13-15-27(2)16-14-17)26-28(3)21-11-9-20(10-12-21)25-19-7-5-18(24)6-8-19/h5-16,25-26H,24H2,1-4H3/q+1. The predicted octanol–water partition coefficient (Wildman–Crippen LogP) is 2.87. The molecule has 2 aromatic carbocycles. The van der Waals surface area contributed by atoms with Crippen molar-refractivity contribution < 1.29 is 14.1 Å². The van der Waals surface area contributed by atoms with Crippen molar-refractivity contribution in [3.8, 4) is 0 Å². The van der Waals surface area contributed by atoms with Crippen molar-refractivity contribution in [3.63, 3.8) is 0 Å². The molecular weight excluding hydrogens is 378 g/mol. The number of hydrogen-bond acceptors (Lipinski definition) is 6. The maximum absolute atomic E-state index is 12.6. The summed E-state index contributed by atoms with van der Waals surface area (Å²) in [6.45, 7) is 1.81. The zero-order chi connectivity index (χ0) is 21.7. The van der Waals surface area contributed by atoms with Crippen molar-refractivity contribution in [1.82, 2.24) is 5.43 Å². The highest BCUT2D eigenvalue weighted by molar-refractivity contribution is 5.82. The summed E-state index contributed by atoms with van der Waals surface area (Å²) in [4.78, 5) is 12.6. The third-order valence-electron chi connectivity index (χ3n) is 4.99. The Hall–Kier alpha value is -3.58. The second-order valence-corrected chi connectivity index (χ2v) is 7.33. The van der Waals surface area contributed by atoms with Gasteiger partial charge in [0.1, 0.15) is 7.05 Å². The minimum atomic E-state index is -1.04. The summed E-state index contributed by atoms with van der Waals surface area (Å²) in [6.07, 6.45) is 3.80. The molecule has 0 aliphatic heterocycles. The van der Waals surface area contributed by atoms with Crippen molar-refractivity contribution in [1.29, 1.82) is 0 Å². The van der Waals surface area contributed by atoms with Crippen LogP contribution in [0.5, 0.6) is 0 Å². The zero-order valence-corrected chi connectivity index (χ0v) is 17.7. The Bertz CT molecular complexity index is 988. The van der Waals surface area contributed by atoms with Gasteiger partial charge in [-0.3, -0.25) is 0 Å². The molecule has 0 bridgehead atoms. The molecule has 0 aliphatic rings. The number of carbonyl (C=O) groups excluding carboxylic acids is 1. The maximum Gasteiger partial charge on any atom is 0.332 e. The fourth-order valence-electron chi connectivity index (χ4n) is 3.17. The average Bonchev–Trinajstić information content (AvgIpc) is 2.75. The Morgan fingerprint density at radius 1 is 1.00 bits per heavy atom. The van der Waals surface area contributed by atoms with Gasteiger partial charge in [-0.1, -0.05) is 0 Å². The van der Waals surface area contributed by atoms with E-state index < -0.39 is 5.54 Å². The number of hydrazine groups is 1. The van der Waals surface area contributed by atoms with Crippen LogP contribution in [0.3, 0.4) is 0 Å². The zero-order valence-electron chi connectivity index (χ0n) is 17.7. The number of nitrogens with zero attached hydrogens (tertiary/aromatic N) is 2. The van der Waals surface area contributed by atoms with Gasteiger partial charge in [-0.2, -0.15) is 0 Å². The maximum atomic E-state index is 12.6. The molecule has 0 saturated heterocycles. The van der Waals surface area contributed by atoms with Crippen molar-refractivity contribution in [2.45, 2.75) is 12.5 Å². The Labute approximate surface area is 177 Å². The summed E-state index contributed by atoms with van der Waals surface area (Å²) >= 11 is 0. The number of carbonyl (C=O) groups is 1. The van der Waals surface area contributed by atoms with Crippen LogP contribution < -0.4 is 26.1 Å². The molecule has 3 aromatic rings. The first-order chi connectivity index (χ1) is 14.3. The van der Waals surface area contributed by atoms with Crippen LogP contribution in [0.4, 0.5) is 22.7 Å². The van der Waals surface area contributed by atoms with E-state index in [9.17, 15) is 4.79 Å². The van der Waals surface area contributed by atoms with Gasteiger partial charge in [-0.15, -0.1) is 0 Å². The molecule has 0 spiro atoms. The molecule has 0 saturated carbocycles. The normalized spacial score (nSPS) is 12.7. The lowest BCUT2D eigenvalue weighted by molar-refractivity contribution is -0.671. The monoisotopic (exact) mass is 406 g/mol. The van der Waals surface area contributed by atoms with Gasteiger partial charge in [0, 0.05) is 36.2 Å². The Morgan fingerprint density at radius 2 is 1.53 bits per heavy atom. The molecule has 0 fully saturated rings. The molecule has 1 atom stereocenters.